The molecule has 1 aromatic carbocycles. The van der Waals surface area contributed by atoms with Crippen molar-refractivity contribution in [2.75, 3.05) is 6.26 Å². The van der Waals surface area contributed by atoms with Crippen molar-refractivity contribution in [3.8, 4) is 0 Å². The van der Waals surface area contributed by atoms with Crippen LogP contribution in [0.25, 0.3) is 10.9 Å². The van der Waals surface area contributed by atoms with Crippen molar-refractivity contribution in [2.45, 2.75) is 14.4 Å². The summed E-state index contributed by atoms with van der Waals surface area (Å²) in [5.41, 5.74) is 0.719. The van der Waals surface area contributed by atoms with Crippen LogP contribution in [0.15, 0.2) is 37.7 Å². The molecule has 8 heteroatoms. The maximum absolute atomic E-state index is 12.3. The van der Waals surface area contributed by atoms with Crippen LogP contribution in [0.3, 0.4) is 0 Å². The monoisotopic (exact) mass is 336 g/mol. The maximum atomic E-state index is 12.3. The lowest BCUT2D eigenvalue weighted by molar-refractivity contribution is 0.785. The first kappa shape index (κ1) is 14.6. The maximum Gasteiger partial charge on any atom is 0.261 e. The average Bonchev–Trinajstić information content (AvgIpc) is 2.97. The highest BCUT2D eigenvalue weighted by atomic mass is 32.2. The lowest BCUT2D eigenvalue weighted by Crippen LogP contribution is -2.21. The molecule has 0 radical (unpaired) electrons. The molecule has 0 bridgehead atoms. The average molecular weight is 336 g/mol. The Bertz CT molecular complexity index is 843. The van der Waals surface area contributed by atoms with Crippen LogP contribution in [0.1, 0.15) is 5.82 Å². The Morgan fingerprint density at radius 1 is 1.24 bits per heavy atom. The van der Waals surface area contributed by atoms with Gasteiger partial charge in [0.25, 0.3) is 5.56 Å². The van der Waals surface area contributed by atoms with Gasteiger partial charge in [-0.2, -0.15) is 0 Å². The Kier molecular flexibility index (Phi) is 4.27. The van der Waals surface area contributed by atoms with Gasteiger partial charge >= 0.3 is 0 Å². The number of benzene rings is 1. The van der Waals surface area contributed by atoms with Crippen molar-refractivity contribution in [1.29, 1.82) is 0 Å². The Labute approximate surface area is 133 Å². The van der Waals surface area contributed by atoms with E-state index in [1.54, 1.807) is 52.5 Å². The quantitative estimate of drug-likeness (QED) is 0.683. The van der Waals surface area contributed by atoms with Crippen molar-refractivity contribution < 1.29 is 0 Å². The first-order chi connectivity index (χ1) is 10.2. The molecule has 21 heavy (non-hydrogen) atoms. The molecule has 0 atom stereocenters. The van der Waals surface area contributed by atoms with Gasteiger partial charge in [-0.1, -0.05) is 47.0 Å². The van der Waals surface area contributed by atoms with Gasteiger partial charge in [-0.15, -0.1) is 10.2 Å². The first-order valence-electron chi connectivity index (χ1n) is 6.14. The summed E-state index contributed by atoms with van der Waals surface area (Å²) in [6.45, 7) is 0. The van der Waals surface area contributed by atoms with E-state index in [0.29, 0.717) is 11.1 Å². The summed E-state index contributed by atoms with van der Waals surface area (Å²) >= 11 is 4.68. The number of rotatable bonds is 4. The number of aromatic nitrogens is 4. The lowest BCUT2D eigenvalue weighted by Gasteiger charge is -2.07. The molecular weight excluding hydrogens is 324 g/mol. The second kappa shape index (κ2) is 6.17. The molecule has 108 valence electrons. The van der Waals surface area contributed by atoms with Gasteiger partial charge in [-0.3, -0.25) is 9.36 Å². The number of hydrogen-bond donors (Lipinski definition) is 0. The van der Waals surface area contributed by atoms with Crippen LogP contribution >= 0.6 is 34.9 Å². The van der Waals surface area contributed by atoms with E-state index in [4.69, 9.17) is 0 Å². The Morgan fingerprint density at radius 3 is 2.76 bits per heavy atom. The third-order valence-electron chi connectivity index (χ3n) is 2.96. The second-order valence-electron chi connectivity index (χ2n) is 4.24. The number of thioether (sulfide) groups is 2. The van der Waals surface area contributed by atoms with Gasteiger partial charge in [-0.25, -0.2) is 4.98 Å². The number of nitrogens with zero attached hydrogens (tertiary/aromatic N) is 4. The molecule has 3 aromatic rings. The van der Waals surface area contributed by atoms with Crippen molar-refractivity contribution in [2.24, 2.45) is 7.05 Å². The van der Waals surface area contributed by atoms with Crippen LogP contribution < -0.4 is 5.56 Å². The molecule has 2 heterocycles. The smallest absolute Gasteiger partial charge is 0.261 e. The van der Waals surface area contributed by atoms with Crippen LogP contribution in [0.2, 0.25) is 0 Å². The summed E-state index contributed by atoms with van der Waals surface area (Å²) in [5, 5.41) is 8.82. The highest BCUT2D eigenvalue weighted by molar-refractivity contribution is 8.02. The zero-order valence-electron chi connectivity index (χ0n) is 11.4. The van der Waals surface area contributed by atoms with E-state index in [0.717, 1.165) is 20.0 Å². The van der Waals surface area contributed by atoms with E-state index < -0.39 is 0 Å². The standard InChI is InChI=1S/C13H12N4OS3/c1-17-10(7-20-13-16-15-12(19-2)21-13)14-9-6-4-3-5-8(9)11(17)18/h3-6H,7H2,1-2H3. The van der Waals surface area contributed by atoms with E-state index in [9.17, 15) is 4.79 Å². The van der Waals surface area contributed by atoms with E-state index in [1.807, 2.05) is 24.5 Å². The minimum Gasteiger partial charge on any atom is -0.299 e. The third-order valence-corrected chi connectivity index (χ3v) is 5.99. The number of fused-ring (bicyclic) bond motifs is 1. The minimum absolute atomic E-state index is 0.0155. The SMILES string of the molecule is CSc1nnc(SCc2nc3ccccc3c(=O)n2C)s1. The number of para-hydroxylation sites is 1. The third kappa shape index (κ3) is 2.97. The van der Waals surface area contributed by atoms with Gasteiger partial charge in [-0.05, 0) is 18.4 Å². The van der Waals surface area contributed by atoms with Crippen LogP contribution in [0.5, 0.6) is 0 Å². The molecule has 0 aliphatic carbocycles. The molecule has 0 spiro atoms. The van der Waals surface area contributed by atoms with Crippen molar-refractivity contribution in [3.63, 3.8) is 0 Å². The Morgan fingerprint density at radius 2 is 2.00 bits per heavy atom. The summed E-state index contributed by atoms with van der Waals surface area (Å²) in [4.78, 5) is 16.9. The van der Waals surface area contributed by atoms with Gasteiger partial charge < -0.3 is 0 Å². The summed E-state index contributed by atoms with van der Waals surface area (Å²) < 4.78 is 3.44. The molecule has 0 saturated carbocycles. The van der Waals surface area contributed by atoms with E-state index >= 15 is 0 Å². The second-order valence-corrected chi connectivity index (χ2v) is 7.49. The molecule has 0 N–H and O–H groups in total. The zero-order valence-corrected chi connectivity index (χ0v) is 13.9. The largest absolute Gasteiger partial charge is 0.299 e. The molecule has 0 saturated heterocycles. The number of hydrogen-bond acceptors (Lipinski definition) is 7. The first-order valence-corrected chi connectivity index (χ1v) is 9.16. The summed E-state index contributed by atoms with van der Waals surface area (Å²) in [6.07, 6.45) is 1.98. The van der Waals surface area contributed by atoms with E-state index in [-0.39, 0.29) is 5.56 Å². The van der Waals surface area contributed by atoms with Gasteiger partial charge in [0.2, 0.25) is 0 Å². The fraction of sp³-hybridized carbons (Fsp3) is 0.231. The van der Waals surface area contributed by atoms with Crippen LogP contribution in [0.4, 0.5) is 0 Å². The van der Waals surface area contributed by atoms with Crippen molar-refractivity contribution >= 4 is 45.8 Å². The molecular formula is C13H12N4OS3. The Balaban J connectivity index is 1.90. The van der Waals surface area contributed by atoms with Gasteiger partial charge in [0, 0.05) is 7.05 Å². The highest BCUT2D eigenvalue weighted by Gasteiger charge is 2.10. The van der Waals surface area contributed by atoms with Crippen molar-refractivity contribution in [1.82, 2.24) is 19.7 Å². The molecule has 0 aliphatic rings. The Hall–Kier alpha value is -1.38. The van der Waals surface area contributed by atoms with Crippen LogP contribution in [0, 0.1) is 0 Å². The van der Waals surface area contributed by atoms with Crippen molar-refractivity contribution in [3.05, 3.63) is 40.4 Å². The van der Waals surface area contributed by atoms with Gasteiger partial charge in [0.15, 0.2) is 8.68 Å². The predicted molar refractivity (Wildman–Crippen MR) is 88.2 cm³/mol. The fourth-order valence-electron chi connectivity index (χ4n) is 1.86. The summed E-state index contributed by atoms with van der Waals surface area (Å²) in [6, 6.07) is 7.41. The molecule has 0 amide bonds. The molecule has 0 unspecified atom stereocenters. The lowest BCUT2D eigenvalue weighted by atomic mass is 10.2. The zero-order chi connectivity index (χ0) is 14.8. The summed E-state index contributed by atoms with van der Waals surface area (Å²) in [7, 11) is 1.76. The van der Waals surface area contributed by atoms with Gasteiger partial charge in [0.05, 0.1) is 16.7 Å². The predicted octanol–water partition coefficient (Wildman–Crippen LogP) is 2.80. The topological polar surface area (TPSA) is 60.7 Å². The van der Waals surface area contributed by atoms with E-state index in [1.165, 1.54) is 0 Å². The fourth-order valence-corrected chi connectivity index (χ4v) is 4.28. The molecule has 2 aromatic heterocycles. The normalized spacial score (nSPS) is 11.1. The van der Waals surface area contributed by atoms with E-state index in [2.05, 4.69) is 15.2 Å². The van der Waals surface area contributed by atoms with Gasteiger partial charge in [0.1, 0.15) is 5.82 Å². The minimum atomic E-state index is -0.0155. The highest BCUT2D eigenvalue weighted by Crippen LogP contribution is 2.29. The molecule has 0 aliphatic heterocycles. The van der Waals surface area contributed by atoms with Crippen LogP contribution in [-0.4, -0.2) is 26.0 Å². The summed E-state index contributed by atoms with van der Waals surface area (Å²) in [5.74, 6) is 1.34. The molecule has 5 nitrogen and oxygen atoms in total. The van der Waals surface area contributed by atoms with Crippen LogP contribution in [-0.2, 0) is 12.8 Å². The molecule has 0 fully saturated rings. The molecule has 3 rings (SSSR count).